The van der Waals surface area contributed by atoms with Gasteiger partial charge < -0.3 is 15.2 Å². The van der Waals surface area contributed by atoms with E-state index in [1.165, 1.54) is 0 Å². The van der Waals surface area contributed by atoms with Gasteiger partial charge in [0.2, 0.25) is 0 Å². The smallest absolute Gasteiger partial charge is 0.436 e. The highest BCUT2D eigenvalue weighted by Gasteiger charge is 2.72. The molecule has 5 nitrogen and oxygen atoms in total. The Morgan fingerprint density at radius 2 is 1.50 bits per heavy atom. The molecule has 0 bridgehead atoms. The fraction of sp³-hybridized carbons (Fsp3) is 0.214. The maximum absolute atomic E-state index is 13.3. The van der Waals surface area contributed by atoms with Crippen molar-refractivity contribution in [3.05, 3.63) is 54.2 Å². The second-order valence-electron chi connectivity index (χ2n) is 4.93. The van der Waals surface area contributed by atoms with Crippen molar-refractivity contribution in [3.8, 4) is 0 Å². The van der Waals surface area contributed by atoms with Gasteiger partial charge >= 0.3 is 18.0 Å². The topological polar surface area (TPSA) is 66.3 Å². The highest BCUT2D eigenvalue weighted by molar-refractivity contribution is 5.92. The number of hydrazine groups is 1. The minimum Gasteiger partial charge on any atom is -0.459 e. The molecule has 0 radical (unpaired) electrons. The van der Waals surface area contributed by atoms with E-state index in [1.807, 2.05) is 0 Å². The van der Waals surface area contributed by atoms with E-state index in [0.29, 0.717) is 0 Å². The summed E-state index contributed by atoms with van der Waals surface area (Å²) in [6.45, 7) is 0. The summed E-state index contributed by atoms with van der Waals surface area (Å²) in [6, 6.07) is 5.42. The summed E-state index contributed by atoms with van der Waals surface area (Å²) in [4.78, 5) is 11.7. The van der Waals surface area contributed by atoms with Gasteiger partial charge in [-0.3, -0.25) is 4.79 Å². The van der Waals surface area contributed by atoms with Crippen LogP contribution in [0.4, 0.5) is 36.4 Å². The van der Waals surface area contributed by atoms with E-state index < -0.39 is 35.5 Å². The summed E-state index contributed by atoms with van der Waals surface area (Å²) in [7, 11) is 0. The van der Waals surface area contributed by atoms with Gasteiger partial charge in [0.25, 0.3) is 5.91 Å². The van der Waals surface area contributed by atoms with Gasteiger partial charge in [-0.2, -0.15) is 31.8 Å². The average molecular weight is 385 g/mol. The SMILES string of the molecule is O=C(NC(NNc1ccc(F)cc1)(C(F)(F)F)C(F)(F)F)c1ccco1. The third-order valence-electron chi connectivity index (χ3n) is 3.13. The number of alkyl halides is 6. The molecular weight excluding hydrogens is 375 g/mol. The third kappa shape index (κ3) is 3.90. The van der Waals surface area contributed by atoms with Crippen LogP contribution in [0.5, 0.6) is 0 Å². The van der Waals surface area contributed by atoms with Crippen LogP contribution in [0, 0.1) is 5.82 Å². The quantitative estimate of drug-likeness (QED) is 0.418. The molecular formula is C14H10F7N3O2. The number of carbonyl (C=O) groups excluding carboxylic acids is 1. The van der Waals surface area contributed by atoms with Crippen LogP contribution in [0.1, 0.15) is 10.6 Å². The minimum absolute atomic E-state index is 0.309. The molecule has 1 aromatic heterocycles. The first-order valence-electron chi connectivity index (χ1n) is 6.74. The summed E-state index contributed by atoms with van der Waals surface area (Å²) in [6.07, 6.45) is -11.1. The Labute approximate surface area is 141 Å². The molecule has 0 saturated heterocycles. The molecule has 0 saturated carbocycles. The summed E-state index contributed by atoms with van der Waals surface area (Å²) in [5, 5.41) is 0.864. The number of furan rings is 1. The highest BCUT2D eigenvalue weighted by Crippen LogP contribution is 2.41. The fourth-order valence-corrected chi connectivity index (χ4v) is 1.81. The molecule has 0 unspecified atom stereocenters. The summed E-state index contributed by atoms with van der Waals surface area (Å²) in [5.74, 6) is -3.26. The van der Waals surface area contributed by atoms with Crippen molar-refractivity contribution in [1.82, 2.24) is 10.7 Å². The lowest BCUT2D eigenvalue weighted by Gasteiger charge is -2.38. The zero-order valence-corrected chi connectivity index (χ0v) is 12.5. The molecule has 0 spiro atoms. The maximum Gasteiger partial charge on any atom is 0.436 e. The monoisotopic (exact) mass is 385 g/mol. The fourth-order valence-electron chi connectivity index (χ4n) is 1.81. The highest BCUT2D eigenvalue weighted by atomic mass is 19.4. The zero-order chi connectivity index (χ0) is 19.6. The molecule has 0 aliphatic heterocycles. The molecule has 26 heavy (non-hydrogen) atoms. The summed E-state index contributed by atoms with van der Waals surface area (Å²) < 4.78 is 97.2. The molecule has 1 heterocycles. The minimum atomic E-state index is -6.00. The number of hydrogen-bond acceptors (Lipinski definition) is 4. The lowest BCUT2D eigenvalue weighted by atomic mass is 10.1. The molecule has 0 atom stereocenters. The van der Waals surface area contributed by atoms with Crippen molar-refractivity contribution in [1.29, 1.82) is 0 Å². The number of amides is 1. The van der Waals surface area contributed by atoms with E-state index in [0.717, 1.165) is 53.4 Å². The largest absolute Gasteiger partial charge is 0.459 e. The average Bonchev–Trinajstić information content (AvgIpc) is 3.05. The second-order valence-corrected chi connectivity index (χ2v) is 4.93. The number of benzene rings is 1. The Kier molecular flexibility index (Phi) is 5.16. The van der Waals surface area contributed by atoms with Gasteiger partial charge in [0.1, 0.15) is 5.82 Å². The van der Waals surface area contributed by atoms with Crippen LogP contribution in [0.15, 0.2) is 47.1 Å². The van der Waals surface area contributed by atoms with Gasteiger partial charge in [0.05, 0.1) is 6.26 Å². The van der Waals surface area contributed by atoms with E-state index in [9.17, 15) is 35.5 Å². The van der Waals surface area contributed by atoms with Crippen molar-refractivity contribution < 1.29 is 39.9 Å². The van der Waals surface area contributed by atoms with Crippen LogP contribution in [0.2, 0.25) is 0 Å². The van der Waals surface area contributed by atoms with E-state index in [1.54, 1.807) is 5.43 Å². The number of halogens is 7. The molecule has 2 aromatic rings. The first-order valence-corrected chi connectivity index (χ1v) is 6.74. The molecule has 3 N–H and O–H groups in total. The van der Waals surface area contributed by atoms with E-state index >= 15 is 0 Å². The van der Waals surface area contributed by atoms with Gasteiger partial charge in [-0.15, -0.1) is 0 Å². The molecule has 12 heteroatoms. The Hall–Kier alpha value is -2.76. The van der Waals surface area contributed by atoms with Crippen molar-refractivity contribution >= 4 is 11.6 Å². The molecule has 1 amide bonds. The Balaban J connectivity index is 2.36. The maximum atomic E-state index is 13.3. The summed E-state index contributed by atoms with van der Waals surface area (Å²) in [5.41, 5.74) is -2.44. The molecule has 0 aliphatic rings. The lowest BCUT2D eigenvalue weighted by Crippen LogP contribution is -2.76. The Morgan fingerprint density at radius 3 is 1.96 bits per heavy atom. The Morgan fingerprint density at radius 1 is 0.923 bits per heavy atom. The number of anilines is 1. The molecule has 2 rings (SSSR count). The van der Waals surface area contributed by atoms with E-state index in [-0.39, 0.29) is 5.69 Å². The van der Waals surface area contributed by atoms with Gasteiger partial charge in [0, 0.05) is 5.69 Å². The number of hydrogen-bond donors (Lipinski definition) is 3. The number of carbonyl (C=O) groups is 1. The molecule has 1 aromatic carbocycles. The van der Waals surface area contributed by atoms with Gasteiger partial charge in [-0.25, -0.2) is 4.39 Å². The molecule has 142 valence electrons. The Bertz CT molecular complexity index is 725. The van der Waals surface area contributed by atoms with Crippen LogP contribution >= 0.6 is 0 Å². The van der Waals surface area contributed by atoms with E-state index in [2.05, 4.69) is 4.42 Å². The van der Waals surface area contributed by atoms with E-state index in [4.69, 9.17) is 0 Å². The van der Waals surface area contributed by atoms with Crippen LogP contribution in [-0.2, 0) is 0 Å². The third-order valence-corrected chi connectivity index (χ3v) is 3.13. The first kappa shape index (κ1) is 19.6. The summed E-state index contributed by atoms with van der Waals surface area (Å²) >= 11 is 0. The molecule has 0 fully saturated rings. The normalized spacial score (nSPS) is 12.7. The van der Waals surface area contributed by atoms with Gasteiger partial charge in [-0.1, -0.05) is 0 Å². The van der Waals surface area contributed by atoms with Crippen molar-refractivity contribution in [3.63, 3.8) is 0 Å². The molecule has 0 aliphatic carbocycles. The predicted octanol–water partition coefficient (Wildman–Crippen LogP) is 3.59. The second kappa shape index (κ2) is 6.86. The van der Waals surface area contributed by atoms with Crippen molar-refractivity contribution in [2.24, 2.45) is 0 Å². The van der Waals surface area contributed by atoms with Crippen LogP contribution < -0.4 is 16.2 Å². The van der Waals surface area contributed by atoms with Crippen LogP contribution in [0.3, 0.4) is 0 Å². The first-order chi connectivity index (χ1) is 12.0. The standard InChI is InChI=1S/C14H10F7N3O2/c15-8-3-5-9(6-4-8)23-24-12(13(16,17)18,14(19,20)21)22-11(25)10-2-1-7-26-10/h1-7,23-24H,(H,22,25). The number of nitrogens with one attached hydrogen (secondary N) is 3. The predicted molar refractivity (Wildman–Crippen MR) is 74.2 cm³/mol. The van der Waals surface area contributed by atoms with Gasteiger partial charge in [-0.05, 0) is 36.4 Å². The van der Waals surface area contributed by atoms with Crippen molar-refractivity contribution in [2.45, 2.75) is 18.0 Å². The van der Waals surface area contributed by atoms with Crippen LogP contribution in [0.25, 0.3) is 0 Å². The van der Waals surface area contributed by atoms with Crippen LogP contribution in [-0.4, -0.2) is 23.9 Å². The van der Waals surface area contributed by atoms with Gasteiger partial charge in [0.15, 0.2) is 5.76 Å². The van der Waals surface area contributed by atoms with Crippen molar-refractivity contribution in [2.75, 3.05) is 5.43 Å². The number of rotatable bonds is 5. The lowest BCUT2D eigenvalue weighted by molar-refractivity contribution is -0.312. The zero-order valence-electron chi connectivity index (χ0n) is 12.5.